The molecule has 9 rings (SSSR count). The van der Waals surface area contributed by atoms with E-state index in [9.17, 15) is 5.26 Å². The fraction of sp³-hybridized carbons (Fsp3) is 0. The van der Waals surface area contributed by atoms with Gasteiger partial charge in [0.25, 0.3) is 0 Å². The summed E-state index contributed by atoms with van der Waals surface area (Å²) in [6, 6.07) is 48.6. The molecule has 198 valence electrons. The third-order valence-electron chi connectivity index (χ3n) is 8.58. The predicted octanol–water partition coefficient (Wildman–Crippen LogP) is 9.70. The molecule has 9 aromatic rings. The summed E-state index contributed by atoms with van der Waals surface area (Å²) in [5.41, 5.74) is 9.83. The molecule has 0 bridgehead atoms. The average molecular weight is 547 g/mol. The van der Waals surface area contributed by atoms with Crippen molar-refractivity contribution in [2.45, 2.75) is 0 Å². The van der Waals surface area contributed by atoms with E-state index in [4.69, 9.17) is 9.97 Å². The Hall–Kier alpha value is -6.05. The number of aromatic nitrogens is 3. The van der Waals surface area contributed by atoms with Crippen molar-refractivity contribution in [3.05, 3.63) is 139 Å². The molecule has 3 heterocycles. The van der Waals surface area contributed by atoms with Gasteiger partial charge in [-0.25, -0.2) is 9.97 Å². The number of hydrogen-bond acceptors (Lipinski definition) is 3. The second kappa shape index (κ2) is 8.97. The molecule has 6 aromatic carbocycles. The summed E-state index contributed by atoms with van der Waals surface area (Å²) >= 11 is 0. The Morgan fingerprint density at radius 3 is 1.98 bits per heavy atom. The van der Waals surface area contributed by atoms with Crippen molar-refractivity contribution in [1.82, 2.24) is 14.4 Å². The SMILES string of the molecule is N#Cc1ccc2c3cc(-c4ccc(-c5nc6ccccc6c6ccccc56)cc4)ccc3c3nc4ccccc4n3c2c1. The number of imidazole rings is 1. The lowest BCUT2D eigenvalue weighted by Gasteiger charge is -2.12. The van der Waals surface area contributed by atoms with E-state index in [1.807, 2.05) is 36.4 Å². The largest absolute Gasteiger partial charge is 0.292 e. The lowest BCUT2D eigenvalue weighted by Crippen LogP contribution is -1.93. The molecule has 0 aliphatic carbocycles. The van der Waals surface area contributed by atoms with Gasteiger partial charge in [0.1, 0.15) is 5.65 Å². The minimum Gasteiger partial charge on any atom is -0.292 e. The van der Waals surface area contributed by atoms with Gasteiger partial charge in [0.2, 0.25) is 0 Å². The molecule has 4 heteroatoms. The zero-order valence-electron chi connectivity index (χ0n) is 23.0. The van der Waals surface area contributed by atoms with E-state index < -0.39 is 0 Å². The molecule has 0 aliphatic heterocycles. The maximum atomic E-state index is 9.68. The first kappa shape index (κ1) is 23.6. The summed E-state index contributed by atoms with van der Waals surface area (Å²) in [6.07, 6.45) is 0. The smallest absolute Gasteiger partial charge is 0.146 e. The van der Waals surface area contributed by atoms with Crippen LogP contribution in [-0.2, 0) is 0 Å². The molecule has 0 N–H and O–H groups in total. The highest BCUT2D eigenvalue weighted by molar-refractivity contribution is 6.15. The molecule has 0 unspecified atom stereocenters. The topological polar surface area (TPSA) is 54.0 Å². The van der Waals surface area contributed by atoms with Crippen LogP contribution in [-0.4, -0.2) is 14.4 Å². The Kier molecular flexibility index (Phi) is 4.93. The summed E-state index contributed by atoms with van der Waals surface area (Å²) in [5.74, 6) is 0. The number of pyridine rings is 2. The first-order valence-corrected chi connectivity index (χ1v) is 14.3. The fourth-order valence-corrected chi connectivity index (χ4v) is 6.55. The van der Waals surface area contributed by atoms with Gasteiger partial charge in [0.15, 0.2) is 0 Å². The quantitative estimate of drug-likeness (QED) is 0.203. The minimum atomic E-state index is 0.632. The third-order valence-corrected chi connectivity index (χ3v) is 8.58. The van der Waals surface area contributed by atoms with E-state index >= 15 is 0 Å². The molecule has 0 fully saturated rings. The van der Waals surface area contributed by atoms with Crippen molar-refractivity contribution in [1.29, 1.82) is 5.26 Å². The third kappa shape index (κ3) is 3.49. The van der Waals surface area contributed by atoms with Crippen molar-refractivity contribution in [3.8, 4) is 28.5 Å². The van der Waals surface area contributed by atoms with Gasteiger partial charge in [0, 0.05) is 27.1 Å². The van der Waals surface area contributed by atoms with Crippen molar-refractivity contribution in [2.75, 3.05) is 0 Å². The van der Waals surface area contributed by atoms with Crippen LogP contribution in [0.2, 0.25) is 0 Å². The van der Waals surface area contributed by atoms with Gasteiger partial charge in [-0.05, 0) is 64.4 Å². The highest BCUT2D eigenvalue weighted by atomic mass is 15.0. The van der Waals surface area contributed by atoms with E-state index in [2.05, 4.69) is 108 Å². The number of rotatable bonds is 2. The maximum absolute atomic E-state index is 9.68. The highest BCUT2D eigenvalue weighted by Gasteiger charge is 2.15. The molecule has 4 nitrogen and oxygen atoms in total. The van der Waals surface area contributed by atoms with Gasteiger partial charge in [-0.3, -0.25) is 4.40 Å². The van der Waals surface area contributed by atoms with Gasteiger partial charge in [-0.1, -0.05) is 91.0 Å². The Morgan fingerprint density at radius 2 is 1.14 bits per heavy atom. The zero-order chi connectivity index (χ0) is 28.5. The Morgan fingerprint density at radius 1 is 0.465 bits per heavy atom. The number of hydrogen-bond donors (Lipinski definition) is 0. The van der Waals surface area contributed by atoms with Crippen LogP contribution in [0.5, 0.6) is 0 Å². The Bertz CT molecular complexity index is 2620. The molecular formula is C39H22N4. The molecule has 0 saturated carbocycles. The average Bonchev–Trinajstić information content (AvgIpc) is 3.48. The van der Waals surface area contributed by atoms with Crippen LogP contribution in [0, 0.1) is 11.3 Å². The number of nitrogens with zero attached hydrogens (tertiary/aromatic N) is 4. The minimum absolute atomic E-state index is 0.632. The molecule has 0 spiro atoms. The maximum Gasteiger partial charge on any atom is 0.146 e. The second-order valence-electron chi connectivity index (χ2n) is 11.0. The zero-order valence-corrected chi connectivity index (χ0v) is 23.0. The van der Waals surface area contributed by atoms with Gasteiger partial charge in [0.05, 0.1) is 39.4 Å². The van der Waals surface area contributed by atoms with Crippen molar-refractivity contribution in [2.24, 2.45) is 0 Å². The standard InChI is InChI=1S/C39H22N4/c40-23-24-13-19-30-33-22-27(18-20-32(33)39-42-35-11-5-6-12-36(35)43(39)37(30)21-24)25-14-16-26(17-15-25)38-31-9-2-1-7-28(31)29-8-3-4-10-34(29)41-38/h1-22H. The van der Waals surface area contributed by atoms with Gasteiger partial charge in [-0.15, -0.1) is 0 Å². The summed E-state index contributed by atoms with van der Waals surface area (Å²) in [5, 5.41) is 16.5. The molecular weight excluding hydrogens is 524 g/mol. The Balaban J connectivity index is 1.23. The molecule has 0 radical (unpaired) electrons. The molecule has 43 heavy (non-hydrogen) atoms. The molecule has 0 aliphatic rings. The van der Waals surface area contributed by atoms with E-state index in [0.717, 1.165) is 71.6 Å². The number of nitriles is 1. The predicted molar refractivity (Wildman–Crippen MR) is 176 cm³/mol. The van der Waals surface area contributed by atoms with Crippen LogP contribution in [0.4, 0.5) is 0 Å². The van der Waals surface area contributed by atoms with E-state index in [1.165, 1.54) is 10.8 Å². The van der Waals surface area contributed by atoms with Gasteiger partial charge in [-0.2, -0.15) is 5.26 Å². The summed E-state index contributed by atoms with van der Waals surface area (Å²) < 4.78 is 2.18. The van der Waals surface area contributed by atoms with Crippen molar-refractivity contribution < 1.29 is 0 Å². The van der Waals surface area contributed by atoms with Crippen LogP contribution in [0.1, 0.15) is 5.56 Å². The monoisotopic (exact) mass is 546 g/mol. The lowest BCUT2D eigenvalue weighted by molar-refractivity contribution is 1.31. The number of para-hydroxylation sites is 3. The van der Waals surface area contributed by atoms with Crippen molar-refractivity contribution in [3.63, 3.8) is 0 Å². The Labute approximate surface area is 246 Å². The van der Waals surface area contributed by atoms with Crippen LogP contribution >= 0.6 is 0 Å². The van der Waals surface area contributed by atoms with Crippen LogP contribution in [0.3, 0.4) is 0 Å². The summed E-state index contributed by atoms with van der Waals surface area (Å²) in [6.45, 7) is 0. The fourth-order valence-electron chi connectivity index (χ4n) is 6.55. The van der Waals surface area contributed by atoms with E-state index in [0.29, 0.717) is 5.56 Å². The normalized spacial score (nSPS) is 11.7. The van der Waals surface area contributed by atoms with Crippen molar-refractivity contribution >= 4 is 60.0 Å². The molecule has 3 aromatic heterocycles. The molecule has 0 amide bonds. The first-order chi connectivity index (χ1) is 21.3. The second-order valence-corrected chi connectivity index (χ2v) is 11.0. The van der Waals surface area contributed by atoms with E-state index in [1.54, 1.807) is 0 Å². The molecule has 0 saturated heterocycles. The van der Waals surface area contributed by atoms with Gasteiger partial charge >= 0.3 is 0 Å². The van der Waals surface area contributed by atoms with Crippen LogP contribution < -0.4 is 0 Å². The summed E-state index contributed by atoms with van der Waals surface area (Å²) in [7, 11) is 0. The number of fused-ring (bicyclic) bond motifs is 11. The van der Waals surface area contributed by atoms with E-state index in [-0.39, 0.29) is 0 Å². The van der Waals surface area contributed by atoms with Crippen LogP contribution in [0.25, 0.3) is 82.4 Å². The van der Waals surface area contributed by atoms with Crippen LogP contribution in [0.15, 0.2) is 133 Å². The number of benzene rings is 6. The highest BCUT2D eigenvalue weighted by Crippen LogP contribution is 2.37. The van der Waals surface area contributed by atoms with Gasteiger partial charge < -0.3 is 0 Å². The molecule has 0 atom stereocenters. The lowest BCUT2D eigenvalue weighted by atomic mass is 9.96. The summed E-state index contributed by atoms with van der Waals surface area (Å²) in [4.78, 5) is 10.1. The first-order valence-electron chi connectivity index (χ1n) is 14.3.